The Morgan fingerprint density at radius 1 is 1.26 bits per heavy atom. The predicted molar refractivity (Wildman–Crippen MR) is 88.3 cm³/mol. The maximum absolute atomic E-state index is 11.7. The molecule has 1 aliphatic rings. The summed E-state index contributed by atoms with van der Waals surface area (Å²) in [5.41, 5.74) is 3.31. The standard InChI is InChI=1S/C18H16N2O2S/c19-11-14-10-13-8-4-5-9-15(13)20-17(14)23-16(18(21)22)12-6-2-1-3-7-12/h1-3,6-7,10,16H,4-5,8-9H2,(H,21,22)/t16-/m1/s1. The molecule has 1 aliphatic carbocycles. The number of nitriles is 1. The number of fused-ring (bicyclic) bond motifs is 1. The Bertz CT molecular complexity index is 769. The van der Waals surface area contributed by atoms with E-state index < -0.39 is 11.2 Å². The lowest BCUT2D eigenvalue weighted by Gasteiger charge is -2.18. The zero-order valence-electron chi connectivity index (χ0n) is 12.5. The van der Waals surface area contributed by atoms with Gasteiger partial charge in [0.1, 0.15) is 16.3 Å². The molecule has 0 bridgehead atoms. The maximum atomic E-state index is 11.7. The minimum absolute atomic E-state index is 0.470. The molecule has 1 atom stereocenters. The first-order chi connectivity index (χ1) is 11.2. The van der Waals surface area contributed by atoms with Crippen LogP contribution in [0.5, 0.6) is 0 Å². The van der Waals surface area contributed by atoms with Crippen LogP contribution in [-0.4, -0.2) is 16.1 Å². The number of hydrogen-bond donors (Lipinski definition) is 1. The van der Waals surface area contributed by atoms with Gasteiger partial charge in [0.05, 0.1) is 5.56 Å². The second-order valence-corrected chi connectivity index (χ2v) is 6.61. The third kappa shape index (κ3) is 3.38. The van der Waals surface area contributed by atoms with Gasteiger partial charge in [-0.3, -0.25) is 4.79 Å². The number of carboxylic acids is 1. The minimum atomic E-state index is -0.926. The van der Waals surface area contributed by atoms with Gasteiger partial charge in [0.2, 0.25) is 0 Å². The quantitative estimate of drug-likeness (QED) is 0.867. The van der Waals surface area contributed by atoms with Crippen molar-refractivity contribution < 1.29 is 9.90 Å². The Kier molecular flexibility index (Phi) is 4.63. The van der Waals surface area contributed by atoms with E-state index in [2.05, 4.69) is 11.1 Å². The molecular formula is C18H16N2O2S. The van der Waals surface area contributed by atoms with Gasteiger partial charge in [-0.2, -0.15) is 5.26 Å². The Balaban J connectivity index is 1.97. The third-order valence-electron chi connectivity index (χ3n) is 3.94. The van der Waals surface area contributed by atoms with E-state index in [9.17, 15) is 15.2 Å². The van der Waals surface area contributed by atoms with Crippen molar-refractivity contribution in [1.29, 1.82) is 5.26 Å². The monoisotopic (exact) mass is 324 g/mol. The molecule has 1 N–H and O–H groups in total. The van der Waals surface area contributed by atoms with Crippen LogP contribution in [0.25, 0.3) is 0 Å². The third-order valence-corrected chi connectivity index (χ3v) is 5.19. The number of rotatable bonds is 4. The highest BCUT2D eigenvalue weighted by Crippen LogP contribution is 2.37. The van der Waals surface area contributed by atoms with Crippen molar-refractivity contribution in [3.05, 3.63) is 58.8 Å². The number of carbonyl (C=O) groups is 1. The number of carboxylic acid groups (broad SMARTS) is 1. The van der Waals surface area contributed by atoms with E-state index in [1.165, 1.54) is 0 Å². The van der Waals surface area contributed by atoms with Gasteiger partial charge in [-0.15, -0.1) is 0 Å². The van der Waals surface area contributed by atoms with Gasteiger partial charge < -0.3 is 5.11 Å². The predicted octanol–water partition coefficient (Wildman–Crippen LogP) is 3.75. The summed E-state index contributed by atoms with van der Waals surface area (Å²) in [5, 5.41) is 18.7. The molecule has 0 aliphatic heterocycles. The summed E-state index contributed by atoms with van der Waals surface area (Å²) in [5.74, 6) is -0.926. The van der Waals surface area contributed by atoms with Gasteiger partial charge >= 0.3 is 5.97 Å². The highest BCUT2D eigenvalue weighted by Gasteiger charge is 2.24. The van der Waals surface area contributed by atoms with Gasteiger partial charge in [-0.25, -0.2) is 4.98 Å². The lowest BCUT2D eigenvalue weighted by atomic mass is 9.95. The molecule has 0 fully saturated rings. The lowest BCUT2D eigenvalue weighted by Crippen LogP contribution is -2.11. The number of hydrogen-bond acceptors (Lipinski definition) is 4. The molecule has 1 heterocycles. The summed E-state index contributed by atoms with van der Waals surface area (Å²) >= 11 is 1.14. The first-order valence-corrected chi connectivity index (χ1v) is 8.44. The second kappa shape index (κ2) is 6.84. The average Bonchev–Trinajstić information content (AvgIpc) is 2.59. The number of benzene rings is 1. The van der Waals surface area contributed by atoms with E-state index in [4.69, 9.17) is 0 Å². The van der Waals surface area contributed by atoms with Crippen molar-refractivity contribution in [2.24, 2.45) is 0 Å². The number of nitrogens with zero attached hydrogens (tertiary/aromatic N) is 2. The maximum Gasteiger partial charge on any atom is 0.321 e. The number of aliphatic carboxylic acids is 1. The Morgan fingerprint density at radius 2 is 2.00 bits per heavy atom. The van der Waals surface area contributed by atoms with E-state index in [1.807, 2.05) is 24.3 Å². The summed E-state index contributed by atoms with van der Waals surface area (Å²) in [4.78, 5) is 16.3. The normalized spacial score (nSPS) is 14.6. The molecule has 2 aromatic rings. The van der Waals surface area contributed by atoms with Crippen LogP contribution in [0, 0.1) is 11.3 Å². The molecular weight excluding hydrogens is 308 g/mol. The number of aromatic nitrogens is 1. The van der Waals surface area contributed by atoms with Crippen LogP contribution in [-0.2, 0) is 17.6 Å². The first-order valence-electron chi connectivity index (χ1n) is 7.56. The molecule has 0 radical (unpaired) electrons. The lowest BCUT2D eigenvalue weighted by molar-refractivity contribution is -0.136. The largest absolute Gasteiger partial charge is 0.480 e. The molecule has 4 nitrogen and oxygen atoms in total. The highest BCUT2D eigenvalue weighted by molar-refractivity contribution is 8.00. The molecule has 0 spiro atoms. The van der Waals surface area contributed by atoms with Crippen LogP contribution in [0.2, 0.25) is 0 Å². The summed E-state index contributed by atoms with van der Waals surface area (Å²) in [6.45, 7) is 0. The Hall–Kier alpha value is -2.32. The SMILES string of the molecule is N#Cc1cc2c(nc1S[C@@H](C(=O)O)c1ccccc1)CCCC2. The second-order valence-electron chi connectivity index (χ2n) is 5.51. The topological polar surface area (TPSA) is 74.0 Å². The zero-order valence-corrected chi connectivity index (χ0v) is 13.3. The molecule has 0 unspecified atom stereocenters. The van der Waals surface area contributed by atoms with Crippen molar-refractivity contribution in [2.45, 2.75) is 36.0 Å². The average molecular weight is 324 g/mol. The van der Waals surface area contributed by atoms with Crippen LogP contribution in [0.15, 0.2) is 41.4 Å². The summed E-state index contributed by atoms with van der Waals surface area (Å²) in [6.07, 6.45) is 4.06. The molecule has 116 valence electrons. The van der Waals surface area contributed by atoms with Crippen molar-refractivity contribution >= 4 is 17.7 Å². The number of thioether (sulfide) groups is 1. The summed E-state index contributed by atoms with van der Waals surface area (Å²) in [7, 11) is 0. The minimum Gasteiger partial charge on any atom is -0.480 e. The summed E-state index contributed by atoms with van der Waals surface area (Å²) < 4.78 is 0. The molecule has 23 heavy (non-hydrogen) atoms. The van der Waals surface area contributed by atoms with Crippen molar-refractivity contribution in [1.82, 2.24) is 4.98 Å². The van der Waals surface area contributed by atoms with Crippen LogP contribution in [0.1, 0.15) is 40.5 Å². The van der Waals surface area contributed by atoms with E-state index in [0.717, 1.165) is 48.7 Å². The fraction of sp³-hybridized carbons (Fsp3) is 0.278. The van der Waals surface area contributed by atoms with Crippen LogP contribution >= 0.6 is 11.8 Å². The van der Waals surface area contributed by atoms with Gasteiger partial charge in [0.15, 0.2) is 0 Å². The molecule has 1 aromatic heterocycles. The van der Waals surface area contributed by atoms with Gasteiger partial charge in [-0.05, 0) is 42.9 Å². The first kappa shape index (κ1) is 15.6. The van der Waals surface area contributed by atoms with Gasteiger partial charge in [0.25, 0.3) is 0 Å². The van der Waals surface area contributed by atoms with E-state index in [-0.39, 0.29) is 0 Å². The highest BCUT2D eigenvalue weighted by atomic mass is 32.2. The number of aryl methyl sites for hydroxylation is 2. The van der Waals surface area contributed by atoms with Crippen molar-refractivity contribution in [3.8, 4) is 6.07 Å². The van der Waals surface area contributed by atoms with E-state index in [0.29, 0.717) is 16.2 Å². The van der Waals surface area contributed by atoms with Crippen molar-refractivity contribution in [2.75, 3.05) is 0 Å². The molecule has 0 saturated heterocycles. The summed E-state index contributed by atoms with van der Waals surface area (Å²) in [6, 6.07) is 13.1. The molecule has 0 saturated carbocycles. The fourth-order valence-corrected chi connectivity index (χ4v) is 3.80. The Morgan fingerprint density at radius 3 is 2.70 bits per heavy atom. The van der Waals surface area contributed by atoms with E-state index >= 15 is 0 Å². The van der Waals surface area contributed by atoms with Crippen LogP contribution in [0.3, 0.4) is 0 Å². The van der Waals surface area contributed by atoms with Crippen LogP contribution < -0.4 is 0 Å². The zero-order chi connectivity index (χ0) is 16.2. The molecule has 0 amide bonds. The molecule has 5 heteroatoms. The van der Waals surface area contributed by atoms with E-state index in [1.54, 1.807) is 12.1 Å². The molecule has 3 rings (SSSR count). The number of pyridine rings is 1. The fourth-order valence-electron chi connectivity index (χ4n) is 2.79. The molecule has 1 aromatic carbocycles. The van der Waals surface area contributed by atoms with Crippen molar-refractivity contribution in [3.63, 3.8) is 0 Å². The van der Waals surface area contributed by atoms with Gasteiger partial charge in [0, 0.05) is 5.69 Å². The smallest absolute Gasteiger partial charge is 0.321 e. The van der Waals surface area contributed by atoms with Gasteiger partial charge in [-0.1, -0.05) is 42.1 Å². The van der Waals surface area contributed by atoms with Crippen LogP contribution in [0.4, 0.5) is 0 Å². The Labute approximate surface area is 139 Å².